The molecule has 1 aromatic carbocycles. The number of carbonyl (C=O) groups is 1. The third-order valence-electron chi connectivity index (χ3n) is 3.71. The molecule has 0 spiro atoms. The Morgan fingerprint density at radius 1 is 1.29 bits per heavy atom. The van der Waals surface area contributed by atoms with Crippen LogP contribution in [0.4, 0.5) is 13.2 Å². The van der Waals surface area contributed by atoms with E-state index in [1.54, 1.807) is 0 Å². The van der Waals surface area contributed by atoms with E-state index in [4.69, 9.17) is 21.4 Å². The first-order valence-electron chi connectivity index (χ1n) is 7.39. The number of alkyl halides is 3. The van der Waals surface area contributed by atoms with Crippen molar-refractivity contribution in [1.29, 1.82) is 0 Å². The van der Waals surface area contributed by atoms with Crippen LogP contribution in [0.2, 0.25) is 5.02 Å². The lowest BCUT2D eigenvalue weighted by molar-refractivity contribution is -0.187. The highest BCUT2D eigenvalue weighted by Crippen LogP contribution is 2.40. The zero-order valence-corrected chi connectivity index (χ0v) is 14.3. The molecule has 1 aromatic rings. The fourth-order valence-electron chi connectivity index (χ4n) is 2.38. The van der Waals surface area contributed by atoms with Gasteiger partial charge in [0.25, 0.3) is 0 Å². The van der Waals surface area contributed by atoms with Gasteiger partial charge in [-0.2, -0.15) is 13.2 Å². The molecule has 2 rings (SSSR count). The highest BCUT2D eigenvalue weighted by molar-refractivity contribution is 6.31. The fraction of sp³-hybridized carbons (Fsp3) is 0.471. The maximum Gasteiger partial charge on any atom is 0.430 e. The quantitative estimate of drug-likeness (QED) is 0.812. The second-order valence-corrected chi connectivity index (χ2v) is 7.39. The number of carboxylic acid groups (broad SMARTS) is 1. The van der Waals surface area contributed by atoms with Crippen LogP contribution in [-0.2, 0) is 11.2 Å². The van der Waals surface area contributed by atoms with Crippen LogP contribution in [0.15, 0.2) is 17.7 Å². The molecule has 0 aromatic heterocycles. The zero-order valence-electron chi connectivity index (χ0n) is 13.5. The molecule has 1 N–H and O–H groups in total. The van der Waals surface area contributed by atoms with Gasteiger partial charge in [0, 0.05) is 10.6 Å². The molecular weight excluding hydrogens is 345 g/mol. The molecule has 0 saturated heterocycles. The summed E-state index contributed by atoms with van der Waals surface area (Å²) in [7, 11) is 0. The summed E-state index contributed by atoms with van der Waals surface area (Å²) in [6.45, 7) is 6.16. The van der Waals surface area contributed by atoms with Crippen LogP contribution in [0, 0.1) is 5.41 Å². The summed E-state index contributed by atoms with van der Waals surface area (Å²) < 4.78 is 44.2. The molecule has 0 amide bonds. The molecule has 0 saturated carbocycles. The lowest BCUT2D eigenvalue weighted by Gasteiger charge is -2.28. The van der Waals surface area contributed by atoms with Gasteiger partial charge in [0.1, 0.15) is 5.75 Å². The van der Waals surface area contributed by atoms with Crippen molar-refractivity contribution in [2.24, 2.45) is 5.41 Å². The average Bonchev–Trinajstić information content (AvgIpc) is 2.41. The molecule has 0 aliphatic carbocycles. The largest absolute Gasteiger partial charge is 0.478 e. The van der Waals surface area contributed by atoms with E-state index in [0.717, 1.165) is 12.5 Å². The van der Waals surface area contributed by atoms with Crippen molar-refractivity contribution >= 4 is 23.6 Å². The van der Waals surface area contributed by atoms with E-state index in [0.29, 0.717) is 17.0 Å². The molecule has 0 bridgehead atoms. The maximum atomic E-state index is 13.1. The van der Waals surface area contributed by atoms with Gasteiger partial charge in [-0.05, 0) is 42.0 Å². The standard InChI is InChI=1S/C17H18ClF3O3/c1-16(2,3)5-4-9-8-13-10(7-12(9)18)6-11(15(22)23)14(24-13)17(19,20)21/h6-8,14H,4-5H2,1-3H3,(H,22,23)/t14-/m0/s1. The molecule has 24 heavy (non-hydrogen) atoms. The highest BCUT2D eigenvalue weighted by atomic mass is 35.5. The molecule has 0 radical (unpaired) electrons. The van der Waals surface area contributed by atoms with Gasteiger partial charge in [0.15, 0.2) is 0 Å². The van der Waals surface area contributed by atoms with E-state index in [9.17, 15) is 18.0 Å². The predicted octanol–water partition coefficient (Wildman–Crippen LogP) is 5.11. The van der Waals surface area contributed by atoms with Crippen molar-refractivity contribution in [3.63, 3.8) is 0 Å². The van der Waals surface area contributed by atoms with Crippen LogP contribution < -0.4 is 4.74 Å². The van der Waals surface area contributed by atoms with Crippen LogP contribution in [0.5, 0.6) is 5.75 Å². The van der Waals surface area contributed by atoms with Crippen molar-refractivity contribution < 1.29 is 27.8 Å². The molecule has 7 heteroatoms. The van der Waals surface area contributed by atoms with E-state index in [1.165, 1.54) is 12.1 Å². The van der Waals surface area contributed by atoms with Gasteiger partial charge in [0.2, 0.25) is 6.10 Å². The normalized spacial score (nSPS) is 17.8. The second-order valence-electron chi connectivity index (χ2n) is 6.99. The van der Waals surface area contributed by atoms with E-state index in [2.05, 4.69) is 20.8 Å². The van der Waals surface area contributed by atoms with Gasteiger partial charge < -0.3 is 9.84 Å². The molecule has 132 valence electrons. The number of hydrogen-bond acceptors (Lipinski definition) is 2. The van der Waals surface area contributed by atoms with Crippen LogP contribution in [0.3, 0.4) is 0 Å². The molecule has 3 nitrogen and oxygen atoms in total. The Labute approximate surface area is 143 Å². The molecule has 1 aliphatic heterocycles. The Hall–Kier alpha value is -1.69. The Morgan fingerprint density at radius 2 is 1.92 bits per heavy atom. The summed E-state index contributed by atoms with van der Waals surface area (Å²) in [5.41, 5.74) is 0.106. The summed E-state index contributed by atoms with van der Waals surface area (Å²) >= 11 is 6.19. The number of fused-ring (bicyclic) bond motifs is 1. The summed E-state index contributed by atoms with van der Waals surface area (Å²) in [5.74, 6) is -1.67. The third kappa shape index (κ3) is 4.23. The van der Waals surface area contributed by atoms with Crippen LogP contribution >= 0.6 is 11.6 Å². The number of aryl methyl sites for hydroxylation is 1. The Bertz CT molecular complexity index is 688. The van der Waals surface area contributed by atoms with Gasteiger partial charge in [0.05, 0.1) is 5.57 Å². The monoisotopic (exact) mass is 362 g/mol. The Balaban J connectivity index is 2.42. The van der Waals surface area contributed by atoms with Gasteiger partial charge in [-0.15, -0.1) is 0 Å². The minimum atomic E-state index is -4.81. The molecule has 1 aliphatic rings. The lowest BCUT2D eigenvalue weighted by atomic mass is 9.88. The van der Waals surface area contributed by atoms with Crippen molar-refractivity contribution in [2.45, 2.75) is 45.9 Å². The van der Waals surface area contributed by atoms with Gasteiger partial charge in [-0.3, -0.25) is 0 Å². The third-order valence-corrected chi connectivity index (χ3v) is 4.06. The SMILES string of the molecule is CC(C)(C)CCc1cc2c(cc1Cl)C=C(C(=O)O)[C@@H](C(F)(F)F)O2. The maximum absolute atomic E-state index is 13.1. The highest BCUT2D eigenvalue weighted by Gasteiger charge is 2.48. The Kier molecular flexibility index (Phi) is 4.91. The van der Waals surface area contributed by atoms with Crippen LogP contribution in [0.1, 0.15) is 38.3 Å². The van der Waals surface area contributed by atoms with Crippen LogP contribution in [-0.4, -0.2) is 23.4 Å². The van der Waals surface area contributed by atoms with Crippen molar-refractivity contribution in [3.05, 3.63) is 33.9 Å². The minimum absolute atomic E-state index is 0.00404. The van der Waals surface area contributed by atoms with Gasteiger partial charge in [-0.1, -0.05) is 32.4 Å². The zero-order chi connectivity index (χ0) is 18.3. The first-order chi connectivity index (χ1) is 10.9. The van der Waals surface area contributed by atoms with Crippen LogP contribution in [0.25, 0.3) is 6.08 Å². The molecule has 0 unspecified atom stereocenters. The minimum Gasteiger partial charge on any atom is -0.478 e. The second kappa shape index (κ2) is 6.31. The summed E-state index contributed by atoms with van der Waals surface area (Å²) in [6.07, 6.45) is -4.94. The number of hydrogen-bond donors (Lipinski definition) is 1. The molecule has 1 atom stereocenters. The fourth-order valence-corrected chi connectivity index (χ4v) is 2.64. The lowest BCUT2D eigenvalue weighted by Crippen LogP contribution is -2.40. The van der Waals surface area contributed by atoms with Crippen molar-refractivity contribution in [2.75, 3.05) is 0 Å². The average molecular weight is 363 g/mol. The number of halogens is 4. The number of aliphatic carboxylic acids is 1. The molecule has 0 fully saturated rings. The topological polar surface area (TPSA) is 46.5 Å². The smallest absolute Gasteiger partial charge is 0.430 e. The molecule has 1 heterocycles. The predicted molar refractivity (Wildman–Crippen MR) is 85.3 cm³/mol. The Morgan fingerprint density at radius 3 is 2.42 bits per heavy atom. The van der Waals surface area contributed by atoms with E-state index in [1.807, 2.05) is 0 Å². The summed E-state index contributed by atoms with van der Waals surface area (Å²) in [5, 5.41) is 9.40. The number of rotatable bonds is 3. The number of benzene rings is 1. The first-order valence-corrected chi connectivity index (χ1v) is 7.77. The van der Waals surface area contributed by atoms with E-state index < -0.39 is 23.8 Å². The number of ether oxygens (including phenoxy) is 1. The van der Waals surface area contributed by atoms with Gasteiger partial charge in [-0.25, -0.2) is 4.79 Å². The summed E-state index contributed by atoms with van der Waals surface area (Å²) in [4.78, 5) is 11.1. The molecular formula is C17H18ClF3O3. The first kappa shape index (κ1) is 18.6. The van der Waals surface area contributed by atoms with Crippen molar-refractivity contribution in [1.82, 2.24) is 0 Å². The van der Waals surface area contributed by atoms with Crippen molar-refractivity contribution in [3.8, 4) is 5.75 Å². The van der Waals surface area contributed by atoms with E-state index >= 15 is 0 Å². The summed E-state index contributed by atoms with van der Waals surface area (Å²) in [6, 6.07) is 2.92. The van der Waals surface area contributed by atoms with Gasteiger partial charge >= 0.3 is 12.1 Å². The van der Waals surface area contributed by atoms with E-state index in [-0.39, 0.29) is 16.7 Å². The number of carboxylic acids is 1.